The van der Waals surface area contributed by atoms with Crippen LogP contribution in [0.5, 0.6) is 0 Å². The molecule has 0 bridgehead atoms. The summed E-state index contributed by atoms with van der Waals surface area (Å²) in [6, 6.07) is 9.87. The number of nitrogens with one attached hydrogen (secondary N) is 2. The van der Waals surface area contributed by atoms with Crippen molar-refractivity contribution in [2.24, 2.45) is 0 Å². The Hall–Kier alpha value is -2.28. The first-order valence-corrected chi connectivity index (χ1v) is 9.47. The van der Waals surface area contributed by atoms with Crippen molar-refractivity contribution in [3.63, 3.8) is 0 Å². The van der Waals surface area contributed by atoms with E-state index in [-0.39, 0.29) is 17.7 Å². The van der Waals surface area contributed by atoms with Crippen LogP contribution in [0.25, 0.3) is 0 Å². The molecule has 7 heteroatoms. The lowest BCUT2D eigenvalue weighted by Gasteiger charge is -2.12. The lowest BCUT2D eigenvalue weighted by atomic mass is 10.2. The van der Waals surface area contributed by atoms with Crippen molar-refractivity contribution in [3.8, 4) is 0 Å². The quantitative estimate of drug-likeness (QED) is 0.779. The van der Waals surface area contributed by atoms with Gasteiger partial charge in [-0.25, -0.2) is 9.78 Å². The zero-order chi connectivity index (χ0) is 17.5. The van der Waals surface area contributed by atoms with E-state index in [0.717, 1.165) is 30.8 Å². The van der Waals surface area contributed by atoms with E-state index in [0.29, 0.717) is 6.54 Å². The molecule has 1 aliphatic carbocycles. The van der Waals surface area contributed by atoms with E-state index in [2.05, 4.69) is 27.8 Å². The summed E-state index contributed by atoms with van der Waals surface area (Å²) in [4.78, 5) is 28.1. The molecule has 1 fully saturated rings. The number of urea groups is 1. The van der Waals surface area contributed by atoms with Crippen molar-refractivity contribution >= 4 is 23.7 Å². The van der Waals surface area contributed by atoms with E-state index in [1.54, 1.807) is 6.20 Å². The highest BCUT2D eigenvalue weighted by Crippen LogP contribution is 2.18. The monoisotopic (exact) mass is 358 g/mol. The minimum atomic E-state index is -0.398. The van der Waals surface area contributed by atoms with Gasteiger partial charge >= 0.3 is 6.03 Å². The maximum atomic E-state index is 12.0. The molecule has 2 N–H and O–H groups in total. The molecule has 3 amide bonds. The number of benzene rings is 1. The summed E-state index contributed by atoms with van der Waals surface area (Å²) >= 11 is 1.33. The molecule has 0 spiro atoms. The summed E-state index contributed by atoms with van der Waals surface area (Å²) in [7, 11) is 0. The number of amides is 3. The number of aromatic nitrogens is 2. The van der Waals surface area contributed by atoms with Gasteiger partial charge < -0.3 is 9.88 Å². The zero-order valence-corrected chi connectivity index (χ0v) is 14.8. The average molecular weight is 358 g/mol. The van der Waals surface area contributed by atoms with Gasteiger partial charge in [-0.3, -0.25) is 10.1 Å². The van der Waals surface area contributed by atoms with Crippen molar-refractivity contribution < 1.29 is 9.59 Å². The molecule has 0 unspecified atom stereocenters. The summed E-state index contributed by atoms with van der Waals surface area (Å²) in [5.41, 5.74) is 1.17. The number of carbonyl (C=O) groups excluding carboxylic acids is 2. The van der Waals surface area contributed by atoms with E-state index < -0.39 is 6.03 Å². The number of nitrogens with zero attached hydrogens (tertiary/aromatic N) is 2. The van der Waals surface area contributed by atoms with Crippen LogP contribution in [0.1, 0.15) is 31.2 Å². The highest BCUT2D eigenvalue weighted by molar-refractivity contribution is 7.99. The molecule has 0 saturated heterocycles. The SMILES string of the molecule is O=C(CSc1nccn1Cc1ccccc1)NC(=O)NC1CCCC1. The van der Waals surface area contributed by atoms with Crippen molar-refractivity contribution in [2.75, 3.05) is 5.75 Å². The van der Waals surface area contributed by atoms with Crippen LogP contribution >= 0.6 is 11.8 Å². The van der Waals surface area contributed by atoms with Gasteiger partial charge in [0.15, 0.2) is 5.16 Å². The summed E-state index contributed by atoms with van der Waals surface area (Å²) < 4.78 is 1.99. The molecule has 0 radical (unpaired) electrons. The molecule has 1 aliphatic rings. The topological polar surface area (TPSA) is 76.0 Å². The van der Waals surface area contributed by atoms with Crippen LogP contribution in [0.4, 0.5) is 4.79 Å². The second-order valence-electron chi connectivity index (χ2n) is 6.12. The molecule has 0 aliphatic heterocycles. The predicted octanol–water partition coefficient (Wildman–Crippen LogP) is 2.79. The number of thioether (sulfide) groups is 1. The summed E-state index contributed by atoms with van der Waals surface area (Å²) in [6.07, 6.45) is 7.87. The lowest BCUT2D eigenvalue weighted by Crippen LogP contribution is -2.44. The van der Waals surface area contributed by atoms with E-state index >= 15 is 0 Å². The van der Waals surface area contributed by atoms with Crippen molar-refractivity contribution in [1.29, 1.82) is 0 Å². The highest BCUT2D eigenvalue weighted by Gasteiger charge is 2.18. The molecular weight excluding hydrogens is 336 g/mol. The van der Waals surface area contributed by atoms with Gasteiger partial charge in [-0.2, -0.15) is 0 Å². The summed E-state index contributed by atoms with van der Waals surface area (Å²) in [5.74, 6) is -0.154. The lowest BCUT2D eigenvalue weighted by molar-refractivity contribution is -0.117. The predicted molar refractivity (Wildman–Crippen MR) is 97.4 cm³/mol. The largest absolute Gasteiger partial charge is 0.335 e. The van der Waals surface area contributed by atoms with Crippen LogP contribution in [-0.4, -0.2) is 33.3 Å². The van der Waals surface area contributed by atoms with E-state index in [9.17, 15) is 9.59 Å². The van der Waals surface area contributed by atoms with Crippen LogP contribution in [-0.2, 0) is 11.3 Å². The third-order valence-corrected chi connectivity index (χ3v) is 5.15. The van der Waals surface area contributed by atoms with Gasteiger partial charge in [0.05, 0.1) is 5.75 Å². The Labute approximate surface area is 151 Å². The second-order valence-corrected chi connectivity index (χ2v) is 7.06. The minimum Gasteiger partial charge on any atom is -0.335 e. The summed E-state index contributed by atoms with van der Waals surface area (Å²) in [5, 5.41) is 6.00. The van der Waals surface area contributed by atoms with Gasteiger partial charge in [0.1, 0.15) is 0 Å². The van der Waals surface area contributed by atoms with Gasteiger partial charge in [0, 0.05) is 25.0 Å². The van der Waals surface area contributed by atoms with Crippen LogP contribution < -0.4 is 10.6 Å². The number of hydrogen-bond donors (Lipinski definition) is 2. The number of rotatable bonds is 6. The maximum absolute atomic E-state index is 12.0. The van der Waals surface area contributed by atoms with E-state index in [1.807, 2.05) is 29.0 Å². The van der Waals surface area contributed by atoms with Gasteiger partial charge in [0.25, 0.3) is 0 Å². The zero-order valence-electron chi connectivity index (χ0n) is 14.0. The fourth-order valence-corrected chi connectivity index (χ4v) is 3.68. The Kier molecular flexibility index (Phi) is 6.11. The Morgan fingerprint density at radius 3 is 2.72 bits per heavy atom. The van der Waals surface area contributed by atoms with Gasteiger partial charge in [-0.15, -0.1) is 0 Å². The molecular formula is C18H22N4O2S. The molecule has 25 heavy (non-hydrogen) atoms. The third-order valence-electron chi connectivity index (χ3n) is 4.15. The first-order chi connectivity index (χ1) is 12.2. The molecule has 132 valence electrons. The van der Waals surface area contributed by atoms with Crippen LogP contribution in [0.15, 0.2) is 47.9 Å². The summed E-state index contributed by atoms with van der Waals surface area (Å²) in [6.45, 7) is 0.701. The Bertz CT molecular complexity index is 711. The molecule has 1 aromatic heterocycles. The van der Waals surface area contributed by atoms with E-state index in [1.165, 1.54) is 17.3 Å². The second kappa shape index (κ2) is 8.71. The molecule has 0 atom stereocenters. The fraction of sp³-hybridized carbons (Fsp3) is 0.389. The van der Waals surface area contributed by atoms with Gasteiger partial charge in [-0.05, 0) is 18.4 Å². The first-order valence-electron chi connectivity index (χ1n) is 8.49. The molecule has 2 aromatic rings. The first kappa shape index (κ1) is 17.5. The molecule has 6 nitrogen and oxygen atoms in total. The molecule has 1 heterocycles. The molecule has 3 rings (SSSR count). The normalized spacial score (nSPS) is 14.4. The number of imide groups is 1. The Morgan fingerprint density at radius 1 is 1.20 bits per heavy atom. The van der Waals surface area contributed by atoms with Crippen LogP contribution in [0.3, 0.4) is 0 Å². The molecule has 1 aromatic carbocycles. The smallest absolute Gasteiger partial charge is 0.321 e. The highest BCUT2D eigenvalue weighted by atomic mass is 32.2. The number of hydrogen-bond acceptors (Lipinski definition) is 4. The fourth-order valence-electron chi connectivity index (χ4n) is 2.92. The van der Waals surface area contributed by atoms with Crippen molar-refractivity contribution in [1.82, 2.24) is 20.2 Å². The standard InChI is InChI=1S/C18H22N4O2S/c23-16(21-17(24)20-15-8-4-5-9-15)13-25-18-19-10-11-22(18)12-14-6-2-1-3-7-14/h1-3,6-7,10-11,15H,4-5,8-9,12-13H2,(H2,20,21,23,24). The van der Waals surface area contributed by atoms with Crippen molar-refractivity contribution in [2.45, 2.75) is 43.4 Å². The van der Waals surface area contributed by atoms with Gasteiger partial charge in [0.2, 0.25) is 5.91 Å². The number of carbonyl (C=O) groups is 2. The Balaban J connectivity index is 1.46. The number of imidazole rings is 1. The van der Waals surface area contributed by atoms with Gasteiger partial charge in [-0.1, -0.05) is 54.9 Å². The Morgan fingerprint density at radius 2 is 1.96 bits per heavy atom. The third kappa shape index (κ3) is 5.35. The van der Waals surface area contributed by atoms with Crippen molar-refractivity contribution in [3.05, 3.63) is 48.3 Å². The van der Waals surface area contributed by atoms with Crippen LogP contribution in [0.2, 0.25) is 0 Å². The average Bonchev–Trinajstić information content (AvgIpc) is 3.26. The maximum Gasteiger partial charge on any atom is 0.321 e. The minimum absolute atomic E-state index is 0.157. The van der Waals surface area contributed by atoms with E-state index in [4.69, 9.17) is 0 Å². The van der Waals surface area contributed by atoms with Crippen LogP contribution in [0, 0.1) is 0 Å². The molecule has 1 saturated carbocycles.